The maximum Gasteiger partial charge on any atom is 0.417 e. The van der Waals surface area contributed by atoms with Gasteiger partial charge in [-0.15, -0.1) is 0 Å². The molecule has 0 aromatic carbocycles. The van der Waals surface area contributed by atoms with E-state index in [1.165, 1.54) is 12.4 Å². The van der Waals surface area contributed by atoms with Crippen LogP contribution in [-0.4, -0.2) is 32.8 Å². The molecule has 3 heterocycles. The summed E-state index contributed by atoms with van der Waals surface area (Å²) in [6.07, 6.45) is 1.48. The zero-order chi connectivity index (χ0) is 14.9. The molecule has 1 aliphatic rings. The summed E-state index contributed by atoms with van der Waals surface area (Å²) in [5.41, 5.74) is -0.719. The molecule has 1 fully saturated rings. The van der Waals surface area contributed by atoms with E-state index in [1.807, 2.05) is 9.58 Å². The van der Waals surface area contributed by atoms with Gasteiger partial charge in [-0.1, -0.05) is 0 Å². The van der Waals surface area contributed by atoms with Gasteiger partial charge in [0.1, 0.15) is 18.5 Å². The summed E-state index contributed by atoms with van der Waals surface area (Å²) >= 11 is 0. The lowest BCUT2D eigenvalue weighted by Crippen LogP contribution is -2.35. The Balaban J connectivity index is 1.64. The molecule has 0 atom stereocenters. The predicted molar refractivity (Wildman–Crippen MR) is 69.7 cm³/mol. The second kappa shape index (κ2) is 5.34. The van der Waals surface area contributed by atoms with E-state index in [1.54, 1.807) is 6.33 Å². The second-order valence-electron chi connectivity index (χ2n) is 5.00. The van der Waals surface area contributed by atoms with Crippen molar-refractivity contribution in [2.24, 2.45) is 0 Å². The first-order valence-electron chi connectivity index (χ1n) is 6.66. The fraction of sp³-hybridized carbons (Fsp3) is 0.462. The third kappa shape index (κ3) is 2.98. The van der Waals surface area contributed by atoms with Crippen LogP contribution in [0.25, 0.3) is 0 Å². The number of hydrogen-bond donors (Lipinski definition) is 0. The van der Waals surface area contributed by atoms with Crippen LogP contribution in [0.15, 0.2) is 31.0 Å². The van der Waals surface area contributed by atoms with Crippen molar-refractivity contribution in [2.75, 3.05) is 18.0 Å². The zero-order valence-electron chi connectivity index (χ0n) is 11.2. The van der Waals surface area contributed by atoms with Crippen LogP contribution in [0.5, 0.6) is 0 Å². The minimum Gasteiger partial charge on any atom is -0.356 e. The average molecular weight is 297 g/mol. The highest BCUT2D eigenvalue weighted by Gasteiger charge is 2.31. The van der Waals surface area contributed by atoms with Gasteiger partial charge in [0, 0.05) is 19.3 Å². The Labute approximate surface area is 119 Å². The molecule has 112 valence electrons. The average Bonchev–Trinajstić information content (AvgIpc) is 3.01. The summed E-state index contributed by atoms with van der Waals surface area (Å²) in [6.45, 7) is 1.48. The van der Waals surface area contributed by atoms with E-state index >= 15 is 0 Å². The lowest BCUT2D eigenvalue weighted by atomic mass is 10.1. The lowest BCUT2D eigenvalue weighted by molar-refractivity contribution is -0.137. The first-order chi connectivity index (χ1) is 10.0. The summed E-state index contributed by atoms with van der Waals surface area (Å²) in [4.78, 5) is 9.85. The van der Waals surface area contributed by atoms with Gasteiger partial charge in [-0.05, 0) is 25.0 Å². The van der Waals surface area contributed by atoms with Crippen molar-refractivity contribution in [1.29, 1.82) is 0 Å². The number of rotatable bonds is 2. The third-order valence-electron chi connectivity index (χ3n) is 3.67. The van der Waals surface area contributed by atoms with Crippen molar-refractivity contribution in [1.82, 2.24) is 19.7 Å². The van der Waals surface area contributed by atoms with E-state index in [-0.39, 0.29) is 6.04 Å². The molecule has 8 heteroatoms. The quantitative estimate of drug-likeness (QED) is 0.854. The summed E-state index contributed by atoms with van der Waals surface area (Å²) in [6, 6.07) is 2.79. The SMILES string of the molecule is FC(F)(F)c1ccc(N2CCC(n3cncn3)CC2)nc1. The fourth-order valence-corrected chi connectivity index (χ4v) is 2.51. The Hall–Kier alpha value is -2.12. The van der Waals surface area contributed by atoms with Gasteiger partial charge in [0.05, 0.1) is 11.6 Å². The molecule has 2 aromatic rings. The zero-order valence-corrected chi connectivity index (χ0v) is 11.2. The van der Waals surface area contributed by atoms with Gasteiger partial charge in [0.2, 0.25) is 0 Å². The lowest BCUT2D eigenvalue weighted by Gasteiger charge is -2.32. The van der Waals surface area contributed by atoms with Crippen LogP contribution in [0.4, 0.5) is 19.0 Å². The van der Waals surface area contributed by atoms with Crippen LogP contribution in [0, 0.1) is 0 Å². The number of nitrogens with zero attached hydrogens (tertiary/aromatic N) is 5. The van der Waals surface area contributed by atoms with Crippen molar-refractivity contribution in [2.45, 2.75) is 25.1 Å². The van der Waals surface area contributed by atoms with Gasteiger partial charge in [-0.2, -0.15) is 18.3 Å². The number of piperidine rings is 1. The van der Waals surface area contributed by atoms with E-state index in [0.717, 1.165) is 38.2 Å². The van der Waals surface area contributed by atoms with Crippen molar-refractivity contribution in [3.8, 4) is 0 Å². The third-order valence-corrected chi connectivity index (χ3v) is 3.67. The molecule has 0 bridgehead atoms. The molecule has 3 rings (SSSR count). The first kappa shape index (κ1) is 13.8. The maximum atomic E-state index is 12.5. The highest BCUT2D eigenvalue weighted by molar-refractivity contribution is 5.40. The largest absolute Gasteiger partial charge is 0.417 e. The molecular weight excluding hydrogens is 283 g/mol. The number of anilines is 1. The summed E-state index contributed by atoms with van der Waals surface area (Å²) in [7, 11) is 0. The van der Waals surface area contributed by atoms with Crippen molar-refractivity contribution >= 4 is 5.82 Å². The maximum absolute atomic E-state index is 12.5. The summed E-state index contributed by atoms with van der Waals surface area (Å²) in [5, 5.41) is 4.12. The second-order valence-corrected chi connectivity index (χ2v) is 5.00. The van der Waals surface area contributed by atoms with Gasteiger partial charge >= 0.3 is 6.18 Å². The Morgan fingerprint density at radius 1 is 1.14 bits per heavy atom. The highest BCUT2D eigenvalue weighted by atomic mass is 19.4. The molecule has 0 radical (unpaired) electrons. The summed E-state index contributed by atoms with van der Waals surface area (Å²) < 4.78 is 39.3. The van der Waals surface area contributed by atoms with Gasteiger partial charge in [-0.25, -0.2) is 14.6 Å². The molecule has 0 spiro atoms. The molecule has 5 nitrogen and oxygen atoms in total. The minimum atomic E-state index is -4.34. The first-order valence-corrected chi connectivity index (χ1v) is 6.66. The number of pyridine rings is 1. The van der Waals surface area contributed by atoms with Crippen LogP contribution in [0.2, 0.25) is 0 Å². The smallest absolute Gasteiger partial charge is 0.356 e. The van der Waals surface area contributed by atoms with Crippen LogP contribution in [-0.2, 0) is 6.18 Å². The Kier molecular flexibility index (Phi) is 3.52. The van der Waals surface area contributed by atoms with Crippen molar-refractivity contribution in [3.63, 3.8) is 0 Å². The monoisotopic (exact) mass is 297 g/mol. The Bertz CT molecular complexity index is 571. The van der Waals surface area contributed by atoms with E-state index in [4.69, 9.17) is 0 Å². The van der Waals surface area contributed by atoms with Gasteiger partial charge in [0.25, 0.3) is 0 Å². The minimum absolute atomic E-state index is 0.290. The van der Waals surface area contributed by atoms with Crippen LogP contribution >= 0.6 is 0 Å². The standard InChI is InChI=1S/C13H14F3N5/c14-13(15,16)10-1-2-12(18-7-10)20-5-3-11(4-6-20)21-9-17-8-19-21/h1-2,7-9,11H,3-6H2. The number of aromatic nitrogens is 4. The Morgan fingerprint density at radius 3 is 2.43 bits per heavy atom. The Morgan fingerprint density at radius 2 is 1.90 bits per heavy atom. The van der Waals surface area contributed by atoms with Crippen LogP contribution < -0.4 is 4.90 Å². The molecule has 0 amide bonds. The molecule has 1 aliphatic heterocycles. The molecule has 0 N–H and O–H groups in total. The summed E-state index contributed by atoms with van der Waals surface area (Å²) in [5.74, 6) is 0.583. The molecule has 1 saturated heterocycles. The van der Waals surface area contributed by atoms with E-state index in [9.17, 15) is 13.2 Å². The molecule has 2 aromatic heterocycles. The molecule has 0 aliphatic carbocycles. The molecule has 0 saturated carbocycles. The topological polar surface area (TPSA) is 46.8 Å². The van der Waals surface area contributed by atoms with Gasteiger partial charge in [-0.3, -0.25) is 0 Å². The van der Waals surface area contributed by atoms with Crippen LogP contribution in [0.1, 0.15) is 24.4 Å². The van der Waals surface area contributed by atoms with Crippen molar-refractivity contribution < 1.29 is 13.2 Å². The molecule has 0 unspecified atom stereocenters. The number of halogens is 3. The van der Waals surface area contributed by atoms with Gasteiger partial charge < -0.3 is 4.90 Å². The van der Waals surface area contributed by atoms with Crippen molar-refractivity contribution in [3.05, 3.63) is 36.5 Å². The van der Waals surface area contributed by atoms with E-state index in [2.05, 4.69) is 15.1 Å². The number of hydrogen-bond acceptors (Lipinski definition) is 4. The molecule has 21 heavy (non-hydrogen) atoms. The molecular formula is C13H14F3N5. The van der Waals surface area contributed by atoms with Gasteiger partial charge in [0.15, 0.2) is 0 Å². The fourth-order valence-electron chi connectivity index (χ4n) is 2.51. The highest BCUT2D eigenvalue weighted by Crippen LogP contribution is 2.30. The predicted octanol–water partition coefficient (Wildman–Crippen LogP) is 2.53. The van der Waals surface area contributed by atoms with E-state index in [0.29, 0.717) is 5.82 Å². The number of alkyl halides is 3. The van der Waals surface area contributed by atoms with E-state index < -0.39 is 11.7 Å². The van der Waals surface area contributed by atoms with Crippen LogP contribution in [0.3, 0.4) is 0 Å². The normalized spacial score (nSPS) is 17.2.